The van der Waals surface area contributed by atoms with Crippen molar-refractivity contribution in [1.29, 1.82) is 0 Å². The summed E-state index contributed by atoms with van der Waals surface area (Å²) in [6.07, 6.45) is 3.74. The zero-order valence-corrected chi connectivity index (χ0v) is 13.0. The minimum Gasteiger partial charge on any atom is -0.382 e. The topological polar surface area (TPSA) is 51.0 Å². The first kappa shape index (κ1) is 14.1. The van der Waals surface area contributed by atoms with Gasteiger partial charge in [0.05, 0.1) is 5.56 Å². The summed E-state index contributed by atoms with van der Waals surface area (Å²) >= 11 is 0. The Kier molecular flexibility index (Phi) is 3.95. The first-order chi connectivity index (χ1) is 10.1. The van der Waals surface area contributed by atoms with Crippen LogP contribution in [-0.2, 0) is 0 Å². The van der Waals surface area contributed by atoms with Crippen molar-refractivity contribution < 1.29 is 4.52 Å². The van der Waals surface area contributed by atoms with Crippen LogP contribution in [0.4, 0.5) is 5.69 Å². The molecule has 2 aromatic rings. The summed E-state index contributed by atoms with van der Waals surface area (Å²) in [5, 5.41) is 7.57. The molecular weight excluding hydrogens is 262 g/mol. The highest BCUT2D eigenvalue weighted by molar-refractivity contribution is 5.72. The molecule has 1 aliphatic rings. The Labute approximate surface area is 126 Å². The minimum atomic E-state index is 0.529. The Balaban J connectivity index is 1.80. The van der Waals surface area contributed by atoms with Gasteiger partial charge >= 0.3 is 0 Å². The van der Waals surface area contributed by atoms with Gasteiger partial charge in [-0.05, 0) is 50.2 Å². The van der Waals surface area contributed by atoms with E-state index in [1.807, 2.05) is 25.1 Å². The van der Waals surface area contributed by atoms with Crippen LogP contribution >= 0.6 is 0 Å². The molecule has 1 fully saturated rings. The quantitative estimate of drug-likeness (QED) is 0.914. The number of rotatable bonds is 3. The summed E-state index contributed by atoms with van der Waals surface area (Å²) in [7, 11) is 0. The number of aromatic nitrogens is 2. The monoisotopic (exact) mass is 285 g/mol. The minimum absolute atomic E-state index is 0.529. The predicted octanol–water partition coefficient (Wildman–Crippen LogP) is 4.28. The fourth-order valence-corrected chi connectivity index (χ4v) is 3.10. The molecule has 1 heterocycles. The lowest BCUT2D eigenvalue weighted by molar-refractivity contribution is 0.261. The average Bonchev–Trinajstić information content (AvgIpc) is 2.90. The molecule has 1 aromatic heterocycles. The molecule has 0 radical (unpaired) electrons. The van der Waals surface area contributed by atoms with Crippen LogP contribution in [0.3, 0.4) is 0 Å². The van der Waals surface area contributed by atoms with E-state index in [0.717, 1.165) is 23.1 Å². The standard InChI is InChI=1S/C17H23N3O/c1-11-8-9-14(10-12(11)2)19-16-7-5-4-6-15(16)17-18-13(3)20-21-17/h4-7,11-12,14,19H,8-10H2,1-3H3. The fraction of sp³-hybridized carbons (Fsp3) is 0.529. The number of nitrogens with one attached hydrogen (secondary N) is 1. The Bertz CT molecular complexity index is 608. The maximum Gasteiger partial charge on any atom is 0.260 e. The molecule has 4 nitrogen and oxygen atoms in total. The van der Waals surface area contributed by atoms with Gasteiger partial charge in [0.2, 0.25) is 0 Å². The first-order valence-corrected chi connectivity index (χ1v) is 7.79. The number of hydrogen-bond acceptors (Lipinski definition) is 4. The highest BCUT2D eigenvalue weighted by Gasteiger charge is 2.25. The number of nitrogens with zero attached hydrogens (tertiary/aromatic N) is 2. The van der Waals surface area contributed by atoms with E-state index < -0.39 is 0 Å². The Morgan fingerprint density at radius 1 is 1.14 bits per heavy atom. The van der Waals surface area contributed by atoms with Crippen LogP contribution in [0.2, 0.25) is 0 Å². The van der Waals surface area contributed by atoms with Crippen molar-refractivity contribution in [3.8, 4) is 11.5 Å². The van der Waals surface area contributed by atoms with Gasteiger partial charge < -0.3 is 9.84 Å². The number of benzene rings is 1. The molecule has 1 saturated carbocycles. The van der Waals surface area contributed by atoms with Crippen LogP contribution in [0.1, 0.15) is 38.9 Å². The zero-order chi connectivity index (χ0) is 14.8. The summed E-state index contributed by atoms with van der Waals surface area (Å²) < 4.78 is 5.32. The normalized spacial score (nSPS) is 25.8. The number of para-hydroxylation sites is 1. The number of hydrogen-bond donors (Lipinski definition) is 1. The van der Waals surface area contributed by atoms with Crippen molar-refractivity contribution in [2.24, 2.45) is 11.8 Å². The van der Waals surface area contributed by atoms with Gasteiger partial charge in [-0.3, -0.25) is 0 Å². The molecule has 0 aliphatic heterocycles. The van der Waals surface area contributed by atoms with E-state index in [1.54, 1.807) is 0 Å². The molecule has 4 heteroatoms. The molecule has 0 bridgehead atoms. The van der Waals surface area contributed by atoms with E-state index in [2.05, 4.69) is 35.4 Å². The van der Waals surface area contributed by atoms with Crippen molar-refractivity contribution in [2.75, 3.05) is 5.32 Å². The maximum absolute atomic E-state index is 5.32. The highest BCUT2D eigenvalue weighted by Crippen LogP contribution is 2.33. The second kappa shape index (κ2) is 5.88. The van der Waals surface area contributed by atoms with Gasteiger partial charge in [0.25, 0.3) is 5.89 Å². The van der Waals surface area contributed by atoms with Crippen LogP contribution in [0.15, 0.2) is 28.8 Å². The number of anilines is 1. The molecule has 1 N–H and O–H groups in total. The van der Waals surface area contributed by atoms with Gasteiger partial charge in [-0.25, -0.2) is 0 Å². The largest absolute Gasteiger partial charge is 0.382 e. The summed E-state index contributed by atoms with van der Waals surface area (Å²) in [5.74, 6) is 2.86. The Hall–Kier alpha value is -1.84. The molecule has 1 aliphatic carbocycles. The second-order valence-corrected chi connectivity index (χ2v) is 6.30. The van der Waals surface area contributed by atoms with Crippen LogP contribution in [0.5, 0.6) is 0 Å². The van der Waals surface area contributed by atoms with Gasteiger partial charge in [0.1, 0.15) is 0 Å². The van der Waals surface area contributed by atoms with Crippen LogP contribution in [-0.4, -0.2) is 16.2 Å². The van der Waals surface area contributed by atoms with Gasteiger partial charge in [-0.15, -0.1) is 0 Å². The van der Waals surface area contributed by atoms with Gasteiger partial charge in [-0.2, -0.15) is 4.98 Å². The summed E-state index contributed by atoms with van der Waals surface area (Å²) in [5.41, 5.74) is 2.08. The molecule has 3 rings (SSSR count). The SMILES string of the molecule is Cc1noc(-c2ccccc2NC2CCC(C)C(C)C2)n1. The fourth-order valence-electron chi connectivity index (χ4n) is 3.10. The third-order valence-electron chi connectivity index (χ3n) is 4.64. The lowest BCUT2D eigenvalue weighted by atomic mass is 9.79. The molecule has 1 aromatic carbocycles. The summed E-state index contributed by atoms with van der Waals surface area (Å²) in [6.45, 7) is 6.55. The van der Waals surface area contributed by atoms with Crippen molar-refractivity contribution in [2.45, 2.75) is 46.1 Å². The van der Waals surface area contributed by atoms with E-state index >= 15 is 0 Å². The zero-order valence-electron chi connectivity index (χ0n) is 13.0. The molecule has 21 heavy (non-hydrogen) atoms. The molecule has 3 unspecified atom stereocenters. The third-order valence-corrected chi connectivity index (χ3v) is 4.64. The highest BCUT2D eigenvalue weighted by atomic mass is 16.5. The molecule has 0 amide bonds. The van der Waals surface area contributed by atoms with E-state index in [-0.39, 0.29) is 0 Å². The van der Waals surface area contributed by atoms with Crippen LogP contribution < -0.4 is 5.32 Å². The lowest BCUT2D eigenvalue weighted by Gasteiger charge is -2.33. The molecule has 3 atom stereocenters. The van der Waals surface area contributed by atoms with Crippen molar-refractivity contribution >= 4 is 5.69 Å². The summed E-state index contributed by atoms with van der Waals surface area (Å²) in [4.78, 5) is 4.34. The van der Waals surface area contributed by atoms with E-state index in [0.29, 0.717) is 17.8 Å². The average molecular weight is 285 g/mol. The summed E-state index contributed by atoms with van der Waals surface area (Å²) in [6, 6.07) is 8.71. The third kappa shape index (κ3) is 3.09. The molecule has 0 saturated heterocycles. The molecule has 0 spiro atoms. The van der Waals surface area contributed by atoms with E-state index in [1.165, 1.54) is 19.3 Å². The molecular formula is C17H23N3O. The van der Waals surface area contributed by atoms with E-state index in [4.69, 9.17) is 4.52 Å². The van der Waals surface area contributed by atoms with Crippen molar-refractivity contribution in [1.82, 2.24) is 10.1 Å². The number of aryl methyl sites for hydroxylation is 1. The van der Waals surface area contributed by atoms with E-state index in [9.17, 15) is 0 Å². The first-order valence-electron chi connectivity index (χ1n) is 7.79. The van der Waals surface area contributed by atoms with Gasteiger partial charge in [-0.1, -0.05) is 31.1 Å². The van der Waals surface area contributed by atoms with Gasteiger partial charge in [0, 0.05) is 11.7 Å². The predicted molar refractivity (Wildman–Crippen MR) is 84.1 cm³/mol. The Morgan fingerprint density at radius 3 is 2.67 bits per heavy atom. The van der Waals surface area contributed by atoms with Gasteiger partial charge in [0.15, 0.2) is 5.82 Å². The van der Waals surface area contributed by atoms with Crippen LogP contribution in [0.25, 0.3) is 11.5 Å². The maximum atomic E-state index is 5.32. The van der Waals surface area contributed by atoms with Crippen molar-refractivity contribution in [3.63, 3.8) is 0 Å². The lowest BCUT2D eigenvalue weighted by Crippen LogP contribution is -2.30. The Morgan fingerprint density at radius 2 is 1.95 bits per heavy atom. The van der Waals surface area contributed by atoms with Crippen molar-refractivity contribution in [3.05, 3.63) is 30.1 Å². The smallest absolute Gasteiger partial charge is 0.260 e. The van der Waals surface area contributed by atoms with Crippen LogP contribution in [0, 0.1) is 18.8 Å². The second-order valence-electron chi connectivity index (χ2n) is 6.30. The molecule has 112 valence electrons.